The Morgan fingerprint density at radius 2 is 1.75 bits per heavy atom. The summed E-state index contributed by atoms with van der Waals surface area (Å²) in [6.45, 7) is 1.88. The van der Waals surface area contributed by atoms with E-state index < -0.39 is 0 Å². The Kier molecular flexibility index (Phi) is 1.76. The van der Waals surface area contributed by atoms with E-state index >= 15 is 0 Å². The molecule has 2 aromatic heterocycles. The molecule has 0 aliphatic heterocycles. The van der Waals surface area contributed by atoms with Crippen LogP contribution in [-0.4, -0.2) is 5.11 Å². The minimum atomic E-state index is -0.186. The van der Waals surface area contributed by atoms with Crippen LogP contribution in [0.4, 0.5) is 0 Å². The van der Waals surface area contributed by atoms with Crippen LogP contribution in [0.25, 0.3) is 21.9 Å². The van der Waals surface area contributed by atoms with Crippen LogP contribution in [0.1, 0.15) is 18.5 Å². The van der Waals surface area contributed by atoms with Crippen molar-refractivity contribution in [1.29, 1.82) is 0 Å². The molecule has 0 fully saturated rings. The van der Waals surface area contributed by atoms with Gasteiger partial charge in [0.15, 0.2) is 11.3 Å². The van der Waals surface area contributed by atoms with Crippen LogP contribution in [-0.2, 0) is 0 Å². The van der Waals surface area contributed by atoms with Crippen molar-refractivity contribution in [3.8, 4) is 5.75 Å². The van der Waals surface area contributed by atoms with E-state index in [0.29, 0.717) is 16.6 Å². The van der Waals surface area contributed by atoms with Gasteiger partial charge in [0.2, 0.25) is 0 Å². The zero-order valence-corrected chi connectivity index (χ0v) is 8.73. The lowest BCUT2D eigenvalue weighted by molar-refractivity contribution is 0.470. The molecule has 82 valence electrons. The topological polar surface area (TPSA) is 72.5 Å². The van der Waals surface area contributed by atoms with E-state index in [9.17, 15) is 5.11 Å². The first-order valence-electron chi connectivity index (χ1n) is 5.05. The number of nitrogens with two attached hydrogens (primary N) is 1. The van der Waals surface area contributed by atoms with Crippen molar-refractivity contribution in [1.82, 2.24) is 0 Å². The molecule has 4 nitrogen and oxygen atoms in total. The third-order valence-electron chi connectivity index (χ3n) is 2.79. The second-order valence-corrected chi connectivity index (χ2v) is 3.88. The first-order valence-corrected chi connectivity index (χ1v) is 5.05. The van der Waals surface area contributed by atoms with Crippen LogP contribution in [0.15, 0.2) is 33.5 Å². The van der Waals surface area contributed by atoms with Crippen molar-refractivity contribution in [2.75, 3.05) is 0 Å². The van der Waals surface area contributed by atoms with Gasteiger partial charge in [0.05, 0.1) is 17.9 Å². The molecular weight excluding hydrogens is 206 g/mol. The summed E-state index contributed by atoms with van der Waals surface area (Å²) < 4.78 is 10.7. The predicted molar refractivity (Wildman–Crippen MR) is 60.3 cm³/mol. The number of hydrogen-bond acceptors (Lipinski definition) is 4. The molecule has 3 N–H and O–H groups in total. The number of benzene rings is 1. The van der Waals surface area contributed by atoms with Gasteiger partial charge in [-0.3, -0.25) is 0 Å². The zero-order chi connectivity index (χ0) is 11.3. The van der Waals surface area contributed by atoms with Crippen LogP contribution in [0.5, 0.6) is 5.75 Å². The summed E-state index contributed by atoms with van der Waals surface area (Å²) in [7, 11) is 0. The van der Waals surface area contributed by atoms with E-state index in [1.165, 1.54) is 12.5 Å². The normalized spacial score (nSPS) is 13.6. The highest BCUT2D eigenvalue weighted by atomic mass is 16.4. The quantitative estimate of drug-likeness (QED) is 0.657. The minimum absolute atomic E-state index is 0.105. The number of rotatable bonds is 1. The number of phenols is 1. The summed E-state index contributed by atoms with van der Waals surface area (Å²) in [5, 5.41) is 11.4. The maximum atomic E-state index is 10.00. The first-order chi connectivity index (χ1) is 7.70. The average Bonchev–Trinajstić information content (AvgIpc) is 2.84. The summed E-state index contributed by atoms with van der Waals surface area (Å²) in [5.74, 6) is 0.105. The molecular formula is C12H11NO3. The number of phenolic OH excluding ortho intramolecular Hbond substituents is 1. The summed E-state index contributed by atoms with van der Waals surface area (Å²) in [6, 6.07) is 3.31. The van der Waals surface area contributed by atoms with Gasteiger partial charge in [-0.05, 0) is 19.1 Å². The van der Waals surface area contributed by atoms with Crippen LogP contribution >= 0.6 is 0 Å². The molecule has 3 aromatic rings. The van der Waals surface area contributed by atoms with Crippen LogP contribution in [0, 0.1) is 0 Å². The SMILES string of the molecule is CC(N)c1c2ccoc2c(O)c2ccoc12. The lowest BCUT2D eigenvalue weighted by Crippen LogP contribution is -2.05. The van der Waals surface area contributed by atoms with E-state index in [1.807, 2.05) is 6.92 Å². The van der Waals surface area contributed by atoms with Gasteiger partial charge in [-0.15, -0.1) is 0 Å². The van der Waals surface area contributed by atoms with Crippen molar-refractivity contribution < 1.29 is 13.9 Å². The molecule has 0 aliphatic carbocycles. The molecule has 1 aromatic carbocycles. The molecule has 0 radical (unpaired) electrons. The molecule has 4 heteroatoms. The van der Waals surface area contributed by atoms with E-state index in [-0.39, 0.29) is 11.8 Å². The van der Waals surface area contributed by atoms with Gasteiger partial charge in [0, 0.05) is 17.0 Å². The molecule has 0 aliphatic rings. The molecule has 16 heavy (non-hydrogen) atoms. The summed E-state index contributed by atoms with van der Waals surface area (Å²) in [4.78, 5) is 0. The van der Waals surface area contributed by atoms with Gasteiger partial charge in [-0.25, -0.2) is 0 Å². The minimum Gasteiger partial charge on any atom is -0.504 e. The highest BCUT2D eigenvalue weighted by molar-refractivity contribution is 6.04. The fourth-order valence-electron chi connectivity index (χ4n) is 2.11. The monoisotopic (exact) mass is 217 g/mol. The van der Waals surface area contributed by atoms with Crippen LogP contribution < -0.4 is 5.73 Å². The smallest absolute Gasteiger partial charge is 0.176 e. The Balaban J connectivity index is 2.62. The van der Waals surface area contributed by atoms with Gasteiger partial charge >= 0.3 is 0 Å². The molecule has 0 bridgehead atoms. The largest absolute Gasteiger partial charge is 0.504 e. The Labute approximate surface area is 91.2 Å². The second-order valence-electron chi connectivity index (χ2n) is 3.88. The van der Waals surface area contributed by atoms with Gasteiger partial charge in [-0.2, -0.15) is 0 Å². The maximum Gasteiger partial charge on any atom is 0.176 e. The van der Waals surface area contributed by atoms with Crippen LogP contribution in [0.2, 0.25) is 0 Å². The van der Waals surface area contributed by atoms with Crippen molar-refractivity contribution in [2.24, 2.45) is 5.73 Å². The van der Waals surface area contributed by atoms with Gasteiger partial charge < -0.3 is 19.7 Å². The summed E-state index contributed by atoms with van der Waals surface area (Å²) in [5.41, 5.74) is 7.88. The summed E-state index contributed by atoms with van der Waals surface area (Å²) >= 11 is 0. The van der Waals surface area contributed by atoms with E-state index in [2.05, 4.69) is 0 Å². The van der Waals surface area contributed by atoms with Crippen molar-refractivity contribution >= 4 is 21.9 Å². The lowest BCUT2D eigenvalue weighted by atomic mass is 10.0. The number of fused-ring (bicyclic) bond motifs is 2. The highest BCUT2D eigenvalue weighted by Crippen LogP contribution is 2.40. The van der Waals surface area contributed by atoms with E-state index in [4.69, 9.17) is 14.6 Å². The average molecular weight is 217 g/mol. The number of aromatic hydroxyl groups is 1. The van der Waals surface area contributed by atoms with E-state index in [1.54, 1.807) is 12.1 Å². The van der Waals surface area contributed by atoms with Crippen LogP contribution in [0.3, 0.4) is 0 Å². The predicted octanol–water partition coefficient (Wildman–Crippen LogP) is 2.90. The van der Waals surface area contributed by atoms with Crippen molar-refractivity contribution in [2.45, 2.75) is 13.0 Å². The lowest BCUT2D eigenvalue weighted by Gasteiger charge is -2.08. The molecule has 2 heterocycles. The fraction of sp³-hybridized carbons (Fsp3) is 0.167. The summed E-state index contributed by atoms with van der Waals surface area (Å²) in [6.07, 6.45) is 3.07. The molecule has 3 rings (SSSR count). The first kappa shape index (κ1) is 9.30. The van der Waals surface area contributed by atoms with E-state index in [0.717, 1.165) is 10.9 Å². The Morgan fingerprint density at radius 1 is 1.12 bits per heavy atom. The standard InChI is InChI=1S/C12H11NO3/c1-6(13)9-7-2-4-16-12(7)10(14)8-3-5-15-11(8)9/h2-6,14H,13H2,1H3. The third-order valence-corrected chi connectivity index (χ3v) is 2.79. The fourth-order valence-corrected chi connectivity index (χ4v) is 2.11. The molecule has 0 saturated heterocycles. The Bertz CT molecular complexity index is 612. The molecule has 0 saturated carbocycles. The number of furan rings is 2. The van der Waals surface area contributed by atoms with Crippen molar-refractivity contribution in [3.63, 3.8) is 0 Å². The Morgan fingerprint density at radius 3 is 2.44 bits per heavy atom. The molecule has 1 atom stereocenters. The zero-order valence-electron chi connectivity index (χ0n) is 8.73. The van der Waals surface area contributed by atoms with Gasteiger partial charge in [0.25, 0.3) is 0 Å². The Hall–Kier alpha value is -1.94. The molecule has 0 spiro atoms. The third kappa shape index (κ3) is 1.02. The maximum absolute atomic E-state index is 10.00. The van der Waals surface area contributed by atoms with Crippen molar-refractivity contribution in [3.05, 3.63) is 30.2 Å². The second kappa shape index (κ2) is 3.02. The molecule has 1 unspecified atom stereocenters. The number of hydrogen-bond donors (Lipinski definition) is 2. The molecule has 0 amide bonds. The highest BCUT2D eigenvalue weighted by Gasteiger charge is 2.19. The van der Waals surface area contributed by atoms with Gasteiger partial charge in [-0.1, -0.05) is 0 Å². The van der Waals surface area contributed by atoms with Gasteiger partial charge in [0.1, 0.15) is 5.58 Å².